The molecule has 0 amide bonds. The molecule has 0 aliphatic rings. The fraction of sp³-hybridized carbons (Fsp3) is 0.562. The van der Waals surface area contributed by atoms with Crippen molar-refractivity contribution in [1.29, 1.82) is 0 Å². The normalized spacial score (nSPS) is 12.7. The van der Waals surface area contributed by atoms with Crippen molar-refractivity contribution in [2.75, 3.05) is 6.61 Å². The third kappa shape index (κ3) is 4.26. The molecule has 100 valence electrons. The Balaban J connectivity index is 2.66. The van der Waals surface area contributed by atoms with Crippen molar-refractivity contribution in [1.82, 2.24) is 0 Å². The van der Waals surface area contributed by atoms with Gasteiger partial charge in [0.25, 0.3) is 0 Å². The topological polar surface area (TPSA) is 26.3 Å². The van der Waals surface area contributed by atoms with Gasteiger partial charge in [-0.15, -0.1) is 0 Å². The zero-order valence-corrected chi connectivity index (χ0v) is 11.9. The molecule has 0 bridgehead atoms. The first-order valence-electron chi connectivity index (χ1n) is 6.80. The molecule has 0 saturated heterocycles. The highest BCUT2D eigenvalue weighted by Crippen LogP contribution is 2.13. The quantitative estimate of drug-likeness (QED) is 0.739. The minimum atomic E-state index is -0.277. The molecule has 0 aliphatic heterocycles. The summed E-state index contributed by atoms with van der Waals surface area (Å²) in [7, 11) is 0. The van der Waals surface area contributed by atoms with Crippen molar-refractivity contribution in [3.8, 4) is 0 Å². The largest absolute Gasteiger partial charge is 0.370 e. The van der Waals surface area contributed by atoms with Gasteiger partial charge in [-0.05, 0) is 30.4 Å². The summed E-state index contributed by atoms with van der Waals surface area (Å²) < 4.78 is 5.53. The third-order valence-electron chi connectivity index (χ3n) is 3.08. The van der Waals surface area contributed by atoms with E-state index in [1.165, 1.54) is 5.56 Å². The molecule has 2 nitrogen and oxygen atoms in total. The summed E-state index contributed by atoms with van der Waals surface area (Å²) in [6.45, 7) is 8.70. The first kappa shape index (κ1) is 14.9. The van der Waals surface area contributed by atoms with Crippen molar-refractivity contribution in [3.63, 3.8) is 0 Å². The van der Waals surface area contributed by atoms with E-state index >= 15 is 0 Å². The van der Waals surface area contributed by atoms with Crippen LogP contribution in [-0.2, 0) is 22.4 Å². The maximum atomic E-state index is 12.2. The molecule has 0 N–H and O–H groups in total. The van der Waals surface area contributed by atoms with Gasteiger partial charge < -0.3 is 4.74 Å². The van der Waals surface area contributed by atoms with Crippen molar-refractivity contribution in [3.05, 3.63) is 35.4 Å². The van der Waals surface area contributed by atoms with Crippen LogP contribution in [0.5, 0.6) is 0 Å². The van der Waals surface area contributed by atoms with E-state index in [0.717, 1.165) is 12.0 Å². The fourth-order valence-corrected chi connectivity index (χ4v) is 2.03. The van der Waals surface area contributed by atoms with E-state index in [0.29, 0.717) is 13.0 Å². The number of aryl methyl sites for hydroxylation is 1. The SMILES string of the molecule is CCOC(C(=O)Cc1ccc(CC)cc1)C(C)C. The summed E-state index contributed by atoms with van der Waals surface area (Å²) in [5.74, 6) is 0.406. The Kier molecular flexibility index (Phi) is 6.06. The lowest BCUT2D eigenvalue weighted by molar-refractivity contribution is -0.132. The highest BCUT2D eigenvalue weighted by Gasteiger charge is 2.22. The van der Waals surface area contributed by atoms with Crippen LogP contribution in [0.25, 0.3) is 0 Å². The van der Waals surface area contributed by atoms with Crippen LogP contribution in [0.15, 0.2) is 24.3 Å². The maximum Gasteiger partial charge on any atom is 0.166 e. The van der Waals surface area contributed by atoms with Gasteiger partial charge in [0.05, 0.1) is 0 Å². The molecule has 0 fully saturated rings. The molecule has 0 spiro atoms. The number of carbonyl (C=O) groups excluding carboxylic acids is 1. The minimum absolute atomic E-state index is 0.177. The number of ether oxygens (including phenoxy) is 1. The smallest absolute Gasteiger partial charge is 0.166 e. The lowest BCUT2D eigenvalue weighted by Gasteiger charge is -2.19. The van der Waals surface area contributed by atoms with Crippen LogP contribution < -0.4 is 0 Å². The van der Waals surface area contributed by atoms with Crippen molar-refractivity contribution < 1.29 is 9.53 Å². The Bertz CT molecular complexity index is 365. The minimum Gasteiger partial charge on any atom is -0.370 e. The molecule has 0 aromatic heterocycles. The number of carbonyl (C=O) groups is 1. The van der Waals surface area contributed by atoms with E-state index in [-0.39, 0.29) is 17.8 Å². The lowest BCUT2D eigenvalue weighted by Crippen LogP contribution is -2.31. The zero-order chi connectivity index (χ0) is 13.5. The van der Waals surface area contributed by atoms with Crippen LogP contribution in [0.1, 0.15) is 38.8 Å². The molecule has 0 saturated carbocycles. The van der Waals surface area contributed by atoms with Crippen molar-refractivity contribution in [2.24, 2.45) is 5.92 Å². The van der Waals surface area contributed by atoms with Gasteiger partial charge in [0.2, 0.25) is 0 Å². The molecule has 1 aromatic carbocycles. The predicted octanol–water partition coefficient (Wildman–Crippen LogP) is 3.42. The van der Waals surface area contributed by atoms with Gasteiger partial charge in [-0.1, -0.05) is 45.0 Å². The van der Waals surface area contributed by atoms with E-state index in [1.54, 1.807) is 0 Å². The van der Waals surface area contributed by atoms with Crippen molar-refractivity contribution >= 4 is 5.78 Å². The summed E-state index contributed by atoms with van der Waals surface area (Å²) in [6.07, 6.45) is 1.22. The Labute approximate surface area is 110 Å². The average Bonchev–Trinajstić information content (AvgIpc) is 2.36. The van der Waals surface area contributed by atoms with Gasteiger partial charge >= 0.3 is 0 Å². The van der Waals surface area contributed by atoms with E-state index in [2.05, 4.69) is 19.1 Å². The summed E-state index contributed by atoms with van der Waals surface area (Å²) in [5, 5.41) is 0. The molecular formula is C16H24O2. The van der Waals surface area contributed by atoms with Gasteiger partial charge in [-0.3, -0.25) is 4.79 Å². The molecule has 0 aliphatic carbocycles. The highest BCUT2D eigenvalue weighted by atomic mass is 16.5. The predicted molar refractivity (Wildman–Crippen MR) is 74.8 cm³/mol. The third-order valence-corrected chi connectivity index (χ3v) is 3.08. The summed E-state index contributed by atoms with van der Waals surface area (Å²) in [5.41, 5.74) is 2.37. The molecular weight excluding hydrogens is 224 g/mol. The maximum absolute atomic E-state index is 12.2. The van der Waals surface area contributed by atoms with E-state index in [4.69, 9.17) is 4.74 Å². The molecule has 0 radical (unpaired) electrons. The fourth-order valence-electron chi connectivity index (χ4n) is 2.03. The number of Topliss-reactive ketones (excluding diaryl/α,β-unsaturated/α-hetero) is 1. The van der Waals surface area contributed by atoms with Crippen LogP contribution in [0.3, 0.4) is 0 Å². The van der Waals surface area contributed by atoms with Crippen LogP contribution >= 0.6 is 0 Å². The summed E-state index contributed by atoms with van der Waals surface area (Å²) in [4.78, 5) is 12.2. The second-order valence-corrected chi connectivity index (χ2v) is 4.93. The highest BCUT2D eigenvalue weighted by molar-refractivity contribution is 5.85. The number of hydrogen-bond donors (Lipinski definition) is 0. The Morgan fingerprint density at radius 1 is 1.11 bits per heavy atom. The number of hydrogen-bond acceptors (Lipinski definition) is 2. The van der Waals surface area contributed by atoms with Crippen molar-refractivity contribution in [2.45, 2.75) is 46.6 Å². The van der Waals surface area contributed by atoms with E-state index in [1.807, 2.05) is 32.9 Å². The number of rotatable bonds is 7. The van der Waals surface area contributed by atoms with Gasteiger partial charge in [-0.2, -0.15) is 0 Å². The number of benzene rings is 1. The Morgan fingerprint density at radius 3 is 2.11 bits per heavy atom. The summed E-state index contributed by atoms with van der Waals surface area (Å²) in [6, 6.07) is 8.27. The average molecular weight is 248 g/mol. The van der Waals surface area contributed by atoms with Gasteiger partial charge in [-0.25, -0.2) is 0 Å². The second kappa shape index (κ2) is 7.32. The molecule has 2 heteroatoms. The van der Waals surface area contributed by atoms with Gasteiger partial charge in [0.1, 0.15) is 6.10 Å². The first-order chi connectivity index (χ1) is 8.58. The number of ketones is 1. The van der Waals surface area contributed by atoms with E-state index in [9.17, 15) is 4.79 Å². The van der Waals surface area contributed by atoms with Crippen LogP contribution in [0.2, 0.25) is 0 Å². The van der Waals surface area contributed by atoms with Crippen LogP contribution in [0.4, 0.5) is 0 Å². The molecule has 1 unspecified atom stereocenters. The molecule has 18 heavy (non-hydrogen) atoms. The zero-order valence-electron chi connectivity index (χ0n) is 11.9. The van der Waals surface area contributed by atoms with Gasteiger partial charge in [0.15, 0.2) is 5.78 Å². The summed E-state index contributed by atoms with van der Waals surface area (Å²) >= 11 is 0. The first-order valence-corrected chi connectivity index (χ1v) is 6.80. The van der Waals surface area contributed by atoms with Crippen LogP contribution in [0, 0.1) is 5.92 Å². The van der Waals surface area contributed by atoms with Gasteiger partial charge in [0, 0.05) is 13.0 Å². The monoisotopic (exact) mass is 248 g/mol. The molecule has 1 aromatic rings. The van der Waals surface area contributed by atoms with Crippen LogP contribution in [-0.4, -0.2) is 18.5 Å². The lowest BCUT2D eigenvalue weighted by atomic mass is 9.97. The molecule has 1 atom stereocenters. The molecule has 0 heterocycles. The second-order valence-electron chi connectivity index (χ2n) is 4.93. The Hall–Kier alpha value is -1.15. The molecule has 1 rings (SSSR count). The van der Waals surface area contributed by atoms with E-state index < -0.39 is 0 Å². The standard InChI is InChI=1S/C16H24O2/c1-5-13-7-9-14(10-8-13)11-15(17)16(12(3)4)18-6-2/h7-10,12,16H,5-6,11H2,1-4H3. The Morgan fingerprint density at radius 2 is 1.67 bits per heavy atom.